The van der Waals surface area contributed by atoms with E-state index in [1.165, 1.54) is 6.07 Å². The normalized spacial score (nSPS) is 16.2. The molecular formula is C23H29FN2O3. The number of benzene rings is 2. The van der Waals surface area contributed by atoms with Crippen LogP contribution in [-0.2, 0) is 22.6 Å². The van der Waals surface area contributed by atoms with Gasteiger partial charge in [0.05, 0.1) is 19.8 Å². The quantitative estimate of drug-likeness (QED) is 0.646. The molecule has 3 rings (SSSR count). The first-order valence-corrected chi connectivity index (χ1v) is 10.00. The van der Waals surface area contributed by atoms with Gasteiger partial charge in [0, 0.05) is 44.4 Å². The van der Waals surface area contributed by atoms with Crippen LogP contribution in [0.15, 0.2) is 48.5 Å². The maximum Gasteiger partial charge on any atom is 0.236 e. The highest BCUT2D eigenvalue weighted by Gasteiger charge is 2.23. The molecule has 2 aromatic carbocycles. The Kier molecular flexibility index (Phi) is 7.61. The van der Waals surface area contributed by atoms with Gasteiger partial charge in [-0.15, -0.1) is 0 Å². The van der Waals surface area contributed by atoms with Crippen LogP contribution in [-0.4, -0.2) is 55.7 Å². The zero-order valence-corrected chi connectivity index (χ0v) is 17.1. The predicted molar refractivity (Wildman–Crippen MR) is 110 cm³/mol. The number of hydrogen-bond donors (Lipinski definition) is 0. The molecule has 5 nitrogen and oxygen atoms in total. The molecule has 1 saturated heterocycles. The highest BCUT2D eigenvalue weighted by atomic mass is 19.1. The number of carbonyl (C=O) groups excluding carboxylic acids is 1. The lowest BCUT2D eigenvalue weighted by molar-refractivity contribution is -0.132. The summed E-state index contributed by atoms with van der Waals surface area (Å²) in [6.45, 7) is 2.52. The predicted octanol–water partition coefficient (Wildman–Crippen LogP) is 3.47. The lowest BCUT2D eigenvalue weighted by Crippen LogP contribution is -2.41. The molecule has 1 aliphatic heterocycles. The van der Waals surface area contributed by atoms with Gasteiger partial charge in [0.2, 0.25) is 5.91 Å². The SMILES string of the molecule is COc1ccccc1CN(CC(=O)N(C)Cc1ccccc1F)CC1CCCO1. The zero-order valence-electron chi connectivity index (χ0n) is 17.1. The van der Waals surface area contributed by atoms with Gasteiger partial charge in [-0.05, 0) is 25.0 Å². The smallest absolute Gasteiger partial charge is 0.236 e. The molecule has 0 radical (unpaired) electrons. The van der Waals surface area contributed by atoms with Gasteiger partial charge in [-0.2, -0.15) is 0 Å². The second-order valence-electron chi connectivity index (χ2n) is 7.46. The van der Waals surface area contributed by atoms with Crippen molar-refractivity contribution in [3.8, 4) is 5.75 Å². The summed E-state index contributed by atoms with van der Waals surface area (Å²) in [5, 5.41) is 0. The Hall–Kier alpha value is -2.44. The van der Waals surface area contributed by atoms with Crippen LogP contribution in [0.3, 0.4) is 0 Å². The summed E-state index contributed by atoms with van der Waals surface area (Å²) < 4.78 is 25.2. The van der Waals surface area contributed by atoms with E-state index in [1.807, 2.05) is 24.3 Å². The van der Waals surface area contributed by atoms with Crippen LogP contribution < -0.4 is 4.74 Å². The van der Waals surface area contributed by atoms with Crippen molar-refractivity contribution in [3.05, 3.63) is 65.5 Å². The molecular weight excluding hydrogens is 371 g/mol. The molecule has 1 aliphatic rings. The van der Waals surface area contributed by atoms with Crippen molar-refractivity contribution >= 4 is 5.91 Å². The van der Waals surface area contributed by atoms with Crippen LogP contribution in [0.1, 0.15) is 24.0 Å². The molecule has 1 amide bonds. The van der Waals surface area contributed by atoms with E-state index in [0.29, 0.717) is 18.7 Å². The van der Waals surface area contributed by atoms with E-state index < -0.39 is 0 Å². The number of ether oxygens (including phenoxy) is 2. The van der Waals surface area contributed by atoms with E-state index in [9.17, 15) is 9.18 Å². The minimum Gasteiger partial charge on any atom is -0.496 e. The van der Waals surface area contributed by atoms with E-state index in [0.717, 1.165) is 30.8 Å². The van der Waals surface area contributed by atoms with Gasteiger partial charge in [0.25, 0.3) is 0 Å². The van der Waals surface area contributed by atoms with Crippen LogP contribution in [0.4, 0.5) is 4.39 Å². The molecule has 1 fully saturated rings. The van der Waals surface area contributed by atoms with Gasteiger partial charge in [0.15, 0.2) is 0 Å². The molecule has 1 atom stereocenters. The van der Waals surface area contributed by atoms with Gasteiger partial charge >= 0.3 is 0 Å². The Bertz CT molecular complexity index is 808. The summed E-state index contributed by atoms with van der Waals surface area (Å²) in [6, 6.07) is 14.4. The van der Waals surface area contributed by atoms with Gasteiger partial charge < -0.3 is 14.4 Å². The topological polar surface area (TPSA) is 42.0 Å². The Balaban J connectivity index is 1.68. The number of rotatable bonds is 9. The molecule has 156 valence electrons. The molecule has 0 spiro atoms. The van der Waals surface area contributed by atoms with Crippen molar-refractivity contribution in [1.82, 2.24) is 9.80 Å². The third-order valence-electron chi connectivity index (χ3n) is 5.22. The van der Waals surface area contributed by atoms with Gasteiger partial charge in [-0.1, -0.05) is 36.4 Å². The second-order valence-corrected chi connectivity index (χ2v) is 7.46. The number of methoxy groups -OCH3 is 1. The Morgan fingerprint density at radius 2 is 1.86 bits per heavy atom. The summed E-state index contributed by atoms with van der Waals surface area (Å²) in [4.78, 5) is 16.5. The molecule has 0 aliphatic carbocycles. The van der Waals surface area contributed by atoms with Crippen molar-refractivity contribution < 1.29 is 18.7 Å². The molecule has 0 aromatic heterocycles. The number of halogens is 1. The van der Waals surface area contributed by atoms with Crippen LogP contribution in [0.5, 0.6) is 5.75 Å². The number of carbonyl (C=O) groups is 1. The maximum atomic E-state index is 13.9. The van der Waals surface area contributed by atoms with Crippen LogP contribution >= 0.6 is 0 Å². The molecule has 2 aromatic rings. The van der Waals surface area contributed by atoms with Crippen molar-refractivity contribution in [2.75, 3.05) is 33.9 Å². The van der Waals surface area contributed by atoms with E-state index in [1.54, 1.807) is 37.3 Å². The Morgan fingerprint density at radius 1 is 1.14 bits per heavy atom. The molecule has 0 saturated carbocycles. The molecule has 29 heavy (non-hydrogen) atoms. The minimum absolute atomic E-state index is 0.0545. The number of likely N-dealkylation sites (N-methyl/N-ethyl adjacent to an activating group) is 1. The summed E-state index contributed by atoms with van der Waals surface area (Å²) in [7, 11) is 3.36. The molecule has 1 heterocycles. The van der Waals surface area contributed by atoms with Crippen molar-refractivity contribution in [1.29, 1.82) is 0 Å². The maximum absolute atomic E-state index is 13.9. The molecule has 6 heteroatoms. The zero-order chi connectivity index (χ0) is 20.6. The van der Waals surface area contributed by atoms with Gasteiger partial charge in [-0.25, -0.2) is 4.39 Å². The number of para-hydroxylation sites is 1. The first kappa shape index (κ1) is 21.3. The number of hydrogen-bond acceptors (Lipinski definition) is 4. The van der Waals surface area contributed by atoms with Gasteiger partial charge in [-0.3, -0.25) is 9.69 Å². The summed E-state index contributed by atoms with van der Waals surface area (Å²) in [5.41, 5.74) is 1.54. The largest absolute Gasteiger partial charge is 0.496 e. The van der Waals surface area contributed by atoms with E-state index in [2.05, 4.69) is 4.90 Å². The third-order valence-corrected chi connectivity index (χ3v) is 5.22. The average molecular weight is 400 g/mol. The summed E-state index contributed by atoms with van der Waals surface area (Å²) in [5.74, 6) is 0.454. The molecule has 0 bridgehead atoms. The lowest BCUT2D eigenvalue weighted by atomic mass is 10.1. The standard InChI is InChI=1S/C23H29FN2O3/c1-25(14-18-8-3-5-11-21(18)24)23(27)17-26(16-20-10-7-13-29-20)15-19-9-4-6-12-22(19)28-2/h3-6,8-9,11-12,20H,7,10,13-17H2,1-2H3. The fourth-order valence-corrected chi connectivity index (χ4v) is 3.62. The second kappa shape index (κ2) is 10.4. The Labute approximate surface area is 172 Å². The van der Waals surface area contributed by atoms with Crippen molar-refractivity contribution in [2.24, 2.45) is 0 Å². The van der Waals surface area contributed by atoms with E-state index in [4.69, 9.17) is 9.47 Å². The highest BCUT2D eigenvalue weighted by molar-refractivity contribution is 5.78. The highest BCUT2D eigenvalue weighted by Crippen LogP contribution is 2.21. The number of nitrogens with zero attached hydrogens (tertiary/aromatic N) is 2. The Morgan fingerprint density at radius 3 is 2.55 bits per heavy atom. The fourth-order valence-electron chi connectivity index (χ4n) is 3.62. The number of amides is 1. The van der Waals surface area contributed by atoms with Crippen molar-refractivity contribution in [3.63, 3.8) is 0 Å². The molecule has 0 N–H and O–H groups in total. The first-order valence-electron chi connectivity index (χ1n) is 10.00. The van der Waals surface area contributed by atoms with Gasteiger partial charge in [0.1, 0.15) is 11.6 Å². The van der Waals surface area contributed by atoms with E-state index in [-0.39, 0.29) is 30.9 Å². The average Bonchev–Trinajstić information content (AvgIpc) is 3.23. The van der Waals surface area contributed by atoms with Crippen LogP contribution in [0.2, 0.25) is 0 Å². The third kappa shape index (κ3) is 6.02. The first-order chi connectivity index (χ1) is 14.1. The summed E-state index contributed by atoms with van der Waals surface area (Å²) >= 11 is 0. The summed E-state index contributed by atoms with van der Waals surface area (Å²) in [6.07, 6.45) is 2.19. The van der Waals surface area contributed by atoms with Crippen molar-refractivity contribution in [2.45, 2.75) is 32.0 Å². The van der Waals surface area contributed by atoms with E-state index >= 15 is 0 Å². The van der Waals surface area contributed by atoms with Crippen LogP contribution in [0.25, 0.3) is 0 Å². The van der Waals surface area contributed by atoms with Crippen LogP contribution in [0, 0.1) is 5.82 Å². The minimum atomic E-state index is -0.294. The monoisotopic (exact) mass is 400 g/mol. The molecule has 1 unspecified atom stereocenters. The lowest BCUT2D eigenvalue weighted by Gasteiger charge is -2.27. The fraction of sp³-hybridized carbons (Fsp3) is 0.435.